The lowest BCUT2D eigenvalue weighted by Gasteiger charge is -2.07. The lowest BCUT2D eigenvalue weighted by molar-refractivity contribution is -0.118. The third kappa shape index (κ3) is 8.00. The van der Waals surface area contributed by atoms with Gasteiger partial charge in [-0.15, -0.1) is 0 Å². The molecule has 0 aromatic carbocycles. The number of rotatable bonds is 6. The fraction of sp³-hybridized carbons (Fsp3) is 0.875. The van der Waals surface area contributed by atoms with Crippen molar-refractivity contribution in [1.82, 2.24) is 5.32 Å². The standard InChI is InChI=1S/C8H17NO4S/c1-7(2)13-14(11,12)6-4-5-9-8(3)10/h7H,4-6H2,1-3H3,(H,9,10). The second-order valence-corrected chi connectivity index (χ2v) is 4.96. The molecule has 0 heterocycles. The molecule has 0 unspecified atom stereocenters. The van der Waals surface area contributed by atoms with E-state index in [0.29, 0.717) is 13.0 Å². The molecule has 0 aliphatic heterocycles. The van der Waals surface area contributed by atoms with Gasteiger partial charge in [0.05, 0.1) is 11.9 Å². The fourth-order valence-electron chi connectivity index (χ4n) is 0.855. The van der Waals surface area contributed by atoms with E-state index in [4.69, 9.17) is 4.18 Å². The minimum absolute atomic E-state index is 0.0640. The van der Waals surface area contributed by atoms with Crippen molar-refractivity contribution in [1.29, 1.82) is 0 Å². The molecular formula is C8H17NO4S. The maximum atomic E-state index is 11.2. The van der Waals surface area contributed by atoms with E-state index in [2.05, 4.69) is 5.32 Å². The van der Waals surface area contributed by atoms with Crippen LogP contribution in [0.2, 0.25) is 0 Å². The van der Waals surface area contributed by atoms with Crippen molar-refractivity contribution in [3.63, 3.8) is 0 Å². The van der Waals surface area contributed by atoms with Crippen molar-refractivity contribution in [2.45, 2.75) is 33.3 Å². The van der Waals surface area contributed by atoms with Crippen molar-refractivity contribution in [3.05, 3.63) is 0 Å². The summed E-state index contributed by atoms with van der Waals surface area (Å²) in [4.78, 5) is 10.5. The maximum absolute atomic E-state index is 11.2. The molecule has 0 rings (SSSR count). The Bertz CT molecular complexity index is 271. The lowest BCUT2D eigenvalue weighted by atomic mass is 10.5. The molecule has 0 fully saturated rings. The van der Waals surface area contributed by atoms with Crippen molar-refractivity contribution in [2.75, 3.05) is 12.3 Å². The Labute approximate surface area is 85.0 Å². The molecule has 0 bridgehead atoms. The third-order valence-electron chi connectivity index (χ3n) is 1.28. The molecule has 0 spiro atoms. The molecule has 14 heavy (non-hydrogen) atoms. The minimum atomic E-state index is -3.43. The monoisotopic (exact) mass is 223 g/mol. The molecule has 1 amide bonds. The molecular weight excluding hydrogens is 206 g/mol. The van der Waals surface area contributed by atoms with Gasteiger partial charge in [-0.3, -0.25) is 8.98 Å². The van der Waals surface area contributed by atoms with Crippen molar-refractivity contribution in [3.8, 4) is 0 Å². The molecule has 6 heteroatoms. The van der Waals surface area contributed by atoms with E-state index in [-0.39, 0.29) is 17.8 Å². The molecule has 5 nitrogen and oxygen atoms in total. The highest BCUT2D eigenvalue weighted by Crippen LogP contribution is 2.00. The normalized spacial score (nSPS) is 11.7. The summed E-state index contributed by atoms with van der Waals surface area (Å²) in [5.74, 6) is -0.224. The minimum Gasteiger partial charge on any atom is -0.356 e. The first-order valence-electron chi connectivity index (χ1n) is 4.49. The van der Waals surface area contributed by atoms with E-state index < -0.39 is 10.1 Å². The highest BCUT2D eigenvalue weighted by atomic mass is 32.2. The third-order valence-corrected chi connectivity index (χ3v) is 2.75. The van der Waals surface area contributed by atoms with Crippen LogP contribution in [0.15, 0.2) is 0 Å². The van der Waals surface area contributed by atoms with Crippen molar-refractivity contribution in [2.24, 2.45) is 0 Å². The number of carbonyl (C=O) groups excluding carboxylic acids is 1. The van der Waals surface area contributed by atoms with E-state index >= 15 is 0 Å². The smallest absolute Gasteiger partial charge is 0.267 e. The van der Waals surface area contributed by atoms with Gasteiger partial charge in [-0.25, -0.2) is 0 Å². The average Bonchev–Trinajstić information content (AvgIpc) is 1.95. The van der Waals surface area contributed by atoms with E-state index in [0.717, 1.165) is 0 Å². The predicted octanol–water partition coefficient (Wildman–Crippen LogP) is 0.267. The summed E-state index contributed by atoms with van der Waals surface area (Å²) in [5.41, 5.74) is 0. The van der Waals surface area contributed by atoms with Crippen LogP contribution in [-0.2, 0) is 19.1 Å². The van der Waals surface area contributed by atoms with Crippen molar-refractivity contribution >= 4 is 16.0 Å². The van der Waals surface area contributed by atoms with Crippen LogP contribution in [0.3, 0.4) is 0 Å². The summed E-state index contributed by atoms with van der Waals surface area (Å²) in [5, 5.41) is 2.51. The van der Waals surface area contributed by atoms with Crippen LogP contribution in [0.25, 0.3) is 0 Å². The molecule has 0 saturated carbocycles. The van der Waals surface area contributed by atoms with E-state index in [1.807, 2.05) is 0 Å². The molecule has 0 saturated heterocycles. The van der Waals surface area contributed by atoms with Crippen molar-refractivity contribution < 1.29 is 17.4 Å². The highest BCUT2D eigenvalue weighted by molar-refractivity contribution is 7.86. The highest BCUT2D eigenvalue weighted by Gasteiger charge is 2.12. The number of nitrogens with one attached hydrogen (secondary N) is 1. The second kappa shape index (κ2) is 5.98. The molecule has 84 valence electrons. The SMILES string of the molecule is CC(=O)NCCCS(=O)(=O)OC(C)C. The van der Waals surface area contributed by atoms with Gasteiger partial charge in [-0.1, -0.05) is 0 Å². The summed E-state index contributed by atoms with van der Waals surface area (Å²) < 4.78 is 27.0. The average molecular weight is 223 g/mol. The molecule has 0 aromatic heterocycles. The number of carbonyl (C=O) groups is 1. The Hall–Kier alpha value is -0.620. The first-order chi connectivity index (χ1) is 6.33. The molecule has 1 N–H and O–H groups in total. The van der Waals surface area contributed by atoms with Crippen LogP contribution in [0.5, 0.6) is 0 Å². The first kappa shape index (κ1) is 13.4. The summed E-state index contributed by atoms with van der Waals surface area (Å²) >= 11 is 0. The molecule has 0 aliphatic rings. The first-order valence-corrected chi connectivity index (χ1v) is 6.06. The molecule has 0 atom stereocenters. The number of amides is 1. The van der Waals surface area contributed by atoms with Crippen LogP contribution < -0.4 is 5.32 Å². The molecule has 0 aromatic rings. The Morgan fingerprint density at radius 2 is 2.00 bits per heavy atom. The summed E-state index contributed by atoms with van der Waals surface area (Å²) in [6.07, 6.45) is 0.0371. The predicted molar refractivity (Wildman–Crippen MR) is 53.3 cm³/mol. The van der Waals surface area contributed by atoms with Gasteiger partial charge in [0.25, 0.3) is 10.1 Å². The van der Waals surface area contributed by atoms with E-state index in [9.17, 15) is 13.2 Å². The van der Waals surface area contributed by atoms with Gasteiger partial charge >= 0.3 is 0 Å². The second-order valence-electron chi connectivity index (χ2n) is 3.24. The quantitative estimate of drug-likeness (QED) is 0.518. The van der Waals surface area contributed by atoms with Gasteiger partial charge in [0, 0.05) is 13.5 Å². The van der Waals surface area contributed by atoms with E-state index in [1.165, 1.54) is 6.92 Å². The van der Waals surface area contributed by atoms with Crippen LogP contribution in [0.1, 0.15) is 27.2 Å². The topological polar surface area (TPSA) is 72.5 Å². The molecule has 0 radical (unpaired) electrons. The lowest BCUT2D eigenvalue weighted by Crippen LogP contribution is -2.24. The van der Waals surface area contributed by atoms with Gasteiger partial charge in [0.2, 0.25) is 5.91 Å². The zero-order chi connectivity index (χ0) is 11.2. The summed E-state index contributed by atoms with van der Waals surface area (Å²) in [6, 6.07) is 0. The fourth-order valence-corrected chi connectivity index (χ4v) is 2.04. The van der Waals surface area contributed by atoms with Gasteiger partial charge in [0.15, 0.2) is 0 Å². The zero-order valence-corrected chi connectivity index (χ0v) is 9.56. The molecule has 0 aliphatic carbocycles. The summed E-state index contributed by atoms with van der Waals surface area (Å²) in [6.45, 7) is 5.06. The van der Waals surface area contributed by atoms with Gasteiger partial charge in [-0.2, -0.15) is 8.42 Å². The Morgan fingerprint density at radius 1 is 1.43 bits per heavy atom. The van der Waals surface area contributed by atoms with E-state index in [1.54, 1.807) is 13.8 Å². The number of hydrogen-bond acceptors (Lipinski definition) is 4. The largest absolute Gasteiger partial charge is 0.356 e. The zero-order valence-electron chi connectivity index (χ0n) is 8.74. The van der Waals surface area contributed by atoms with Crippen LogP contribution in [0.4, 0.5) is 0 Å². The number of hydrogen-bond donors (Lipinski definition) is 1. The van der Waals surface area contributed by atoms with Gasteiger partial charge in [-0.05, 0) is 20.3 Å². The Kier molecular flexibility index (Phi) is 5.71. The van der Waals surface area contributed by atoms with Gasteiger partial charge in [0.1, 0.15) is 0 Å². The van der Waals surface area contributed by atoms with Crippen LogP contribution in [0, 0.1) is 0 Å². The van der Waals surface area contributed by atoms with Crippen LogP contribution >= 0.6 is 0 Å². The Balaban J connectivity index is 3.72. The maximum Gasteiger partial charge on any atom is 0.267 e. The Morgan fingerprint density at radius 3 is 2.43 bits per heavy atom. The van der Waals surface area contributed by atoms with Gasteiger partial charge < -0.3 is 5.32 Å². The summed E-state index contributed by atoms with van der Waals surface area (Å²) in [7, 11) is -3.43. The van der Waals surface area contributed by atoms with Crippen LogP contribution in [-0.4, -0.2) is 32.7 Å².